The number of aliphatic hydroxyl groups is 1. The van der Waals surface area contributed by atoms with E-state index in [9.17, 15) is 23.1 Å². The molecule has 9 heteroatoms. The summed E-state index contributed by atoms with van der Waals surface area (Å²) in [4.78, 5) is 14.4. The second kappa shape index (κ2) is 13.0. The molecule has 188 valence electrons. The molecule has 2 aliphatic rings. The van der Waals surface area contributed by atoms with Crippen molar-refractivity contribution in [1.82, 2.24) is 15.5 Å². The fraction of sp³-hybridized carbons (Fsp3) is 0.957. The summed E-state index contributed by atoms with van der Waals surface area (Å²) < 4.78 is 46.6. The molecule has 6 nitrogen and oxygen atoms in total. The number of likely N-dealkylation sites (tertiary alicyclic amines) is 1. The van der Waals surface area contributed by atoms with Gasteiger partial charge in [-0.1, -0.05) is 32.1 Å². The van der Waals surface area contributed by atoms with Gasteiger partial charge < -0.3 is 25.4 Å². The van der Waals surface area contributed by atoms with E-state index < -0.39 is 17.7 Å². The average Bonchev–Trinajstić information content (AvgIpc) is 2.76. The molecule has 0 aromatic carbocycles. The van der Waals surface area contributed by atoms with Crippen LogP contribution in [0.15, 0.2) is 0 Å². The molecule has 1 aliphatic heterocycles. The first-order valence-electron chi connectivity index (χ1n) is 12.2. The standard InChI is InChI=1S/C23H42F3N3O3/c1-27-16-20(15-18-9-4-3-5-10-18)28-21(30)29-13-8-11-19(17-29)22(31,23(24,25)26)12-6-7-14-32-2/h18-20,27,31H,3-17H2,1-2H3,(H,28,30)/t19-,20+,22+/m1/s1. The highest BCUT2D eigenvalue weighted by molar-refractivity contribution is 5.74. The Morgan fingerprint density at radius 3 is 2.50 bits per heavy atom. The number of unbranched alkanes of at least 4 members (excludes halogenated alkanes) is 1. The second-order valence-corrected chi connectivity index (χ2v) is 9.60. The van der Waals surface area contributed by atoms with E-state index in [1.807, 2.05) is 7.05 Å². The summed E-state index contributed by atoms with van der Waals surface area (Å²) in [5.74, 6) is -0.440. The SMILES string of the molecule is CNC[C@H](CC1CCCCC1)NC(=O)N1CCC[C@@H]([C@@](O)(CCCCOC)C(F)(F)F)C1. The van der Waals surface area contributed by atoms with Gasteiger partial charge in [0.15, 0.2) is 5.60 Å². The normalized spacial score (nSPS) is 23.6. The number of halogens is 3. The first-order chi connectivity index (χ1) is 15.2. The van der Waals surface area contributed by atoms with Gasteiger partial charge in [0, 0.05) is 45.3 Å². The second-order valence-electron chi connectivity index (χ2n) is 9.60. The molecule has 1 heterocycles. The van der Waals surface area contributed by atoms with Gasteiger partial charge in [0.25, 0.3) is 0 Å². The Bertz CT molecular complexity index is 558. The van der Waals surface area contributed by atoms with Gasteiger partial charge in [-0.05, 0) is 51.5 Å². The van der Waals surface area contributed by atoms with Crippen molar-refractivity contribution in [3.8, 4) is 0 Å². The summed E-state index contributed by atoms with van der Waals surface area (Å²) in [5.41, 5.74) is -2.79. The van der Waals surface area contributed by atoms with Crippen LogP contribution in [0.1, 0.15) is 70.6 Å². The summed E-state index contributed by atoms with van der Waals surface area (Å²) >= 11 is 0. The molecule has 32 heavy (non-hydrogen) atoms. The smallest absolute Gasteiger partial charge is 0.385 e. The van der Waals surface area contributed by atoms with E-state index in [2.05, 4.69) is 10.6 Å². The summed E-state index contributed by atoms with van der Waals surface area (Å²) in [7, 11) is 3.34. The number of carbonyl (C=O) groups excluding carboxylic acids is 1. The van der Waals surface area contributed by atoms with E-state index in [1.54, 1.807) is 0 Å². The van der Waals surface area contributed by atoms with Crippen LogP contribution in [0, 0.1) is 11.8 Å². The van der Waals surface area contributed by atoms with Crippen LogP contribution in [-0.2, 0) is 4.74 Å². The topological polar surface area (TPSA) is 73.8 Å². The number of methoxy groups -OCH3 is 1. The lowest BCUT2D eigenvalue weighted by Gasteiger charge is -2.43. The number of urea groups is 1. The molecule has 2 rings (SSSR count). The van der Waals surface area contributed by atoms with Crippen molar-refractivity contribution in [1.29, 1.82) is 0 Å². The number of ether oxygens (including phenoxy) is 1. The number of alkyl halides is 3. The summed E-state index contributed by atoms with van der Waals surface area (Å²) in [6.45, 7) is 1.32. The van der Waals surface area contributed by atoms with Crippen molar-refractivity contribution in [3.63, 3.8) is 0 Å². The minimum absolute atomic E-state index is 0.0495. The molecule has 2 fully saturated rings. The lowest BCUT2D eigenvalue weighted by molar-refractivity contribution is -0.286. The molecule has 1 aliphatic carbocycles. The Morgan fingerprint density at radius 1 is 1.16 bits per heavy atom. The van der Waals surface area contributed by atoms with Gasteiger partial charge in [-0.2, -0.15) is 13.2 Å². The fourth-order valence-electron chi connectivity index (χ4n) is 5.30. The summed E-state index contributed by atoms with van der Waals surface area (Å²) in [6.07, 6.45) is 3.21. The van der Waals surface area contributed by atoms with Crippen LogP contribution in [0.2, 0.25) is 0 Å². The van der Waals surface area contributed by atoms with Crippen LogP contribution in [0.4, 0.5) is 18.0 Å². The Hall–Kier alpha value is -1.06. The molecule has 0 bridgehead atoms. The first kappa shape index (κ1) is 27.2. The summed E-state index contributed by atoms with van der Waals surface area (Å²) in [6, 6.07) is -0.374. The fourth-order valence-corrected chi connectivity index (χ4v) is 5.30. The molecule has 0 aromatic rings. The molecular weight excluding hydrogens is 423 g/mol. The lowest BCUT2D eigenvalue weighted by Crippen LogP contribution is -2.58. The minimum atomic E-state index is -4.74. The number of carbonyl (C=O) groups is 1. The zero-order valence-electron chi connectivity index (χ0n) is 19.7. The Balaban J connectivity index is 1.99. The van der Waals surface area contributed by atoms with E-state index in [4.69, 9.17) is 4.74 Å². The highest BCUT2D eigenvalue weighted by atomic mass is 19.4. The molecule has 1 saturated heterocycles. The largest absolute Gasteiger partial charge is 0.417 e. The van der Waals surface area contributed by atoms with Crippen LogP contribution < -0.4 is 10.6 Å². The minimum Gasteiger partial charge on any atom is -0.385 e. The molecular formula is C23H42F3N3O3. The molecule has 3 N–H and O–H groups in total. The molecule has 0 spiro atoms. The third-order valence-corrected chi connectivity index (χ3v) is 7.15. The van der Waals surface area contributed by atoms with Crippen molar-refractivity contribution in [2.24, 2.45) is 11.8 Å². The van der Waals surface area contributed by atoms with E-state index in [0.29, 0.717) is 38.5 Å². The maximum atomic E-state index is 13.9. The predicted molar refractivity (Wildman–Crippen MR) is 118 cm³/mol. The zero-order chi connectivity index (χ0) is 23.6. The van der Waals surface area contributed by atoms with Crippen LogP contribution in [0.25, 0.3) is 0 Å². The van der Waals surface area contributed by atoms with Gasteiger partial charge in [0.05, 0.1) is 0 Å². The molecule has 2 amide bonds. The maximum Gasteiger partial charge on any atom is 0.417 e. The molecule has 3 atom stereocenters. The van der Waals surface area contributed by atoms with Gasteiger partial charge in [-0.15, -0.1) is 0 Å². The van der Waals surface area contributed by atoms with Crippen molar-refractivity contribution in [2.75, 3.05) is 40.4 Å². The van der Waals surface area contributed by atoms with Crippen LogP contribution in [-0.4, -0.2) is 74.3 Å². The zero-order valence-corrected chi connectivity index (χ0v) is 19.7. The Morgan fingerprint density at radius 2 is 1.88 bits per heavy atom. The van der Waals surface area contributed by atoms with E-state index in [0.717, 1.165) is 6.42 Å². The number of hydrogen-bond donors (Lipinski definition) is 3. The highest BCUT2D eigenvalue weighted by Gasteiger charge is 2.58. The number of likely N-dealkylation sites (N-methyl/N-ethyl adjacent to an activating group) is 1. The quantitative estimate of drug-likeness (QED) is 0.402. The predicted octanol–water partition coefficient (Wildman–Crippen LogP) is 4.08. The molecule has 0 aromatic heterocycles. The summed E-state index contributed by atoms with van der Waals surface area (Å²) in [5, 5.41) is 16.9. The number of piperidine rings is 1. The number of rotatable bonds is 11. The number of nitrogens with one attached hydrogen (secondary N) is 2. The maximum absolute atomic E-state index is 13.9. The molecule has 0 unspecified atom stereocenters. The third-order valence-electron chi connectivity index (χ3n) is 7.15. The van der Waals surface area contributed by atoms with Gasteiger partial charge in [0.1, 0.15) is 0 Å². The monoisotopic (exact) mass is 465 g/mol. The molecule has 1 saturated carbocycles. The first-order valence-corrected chi connectivity index (χ1v) is 12.2. The highest BCUT2D eigenvalue weighted by Crippen LogP contribution is 2.43. The van der Waals surface area contributed by atoms with Gasteiger partial charge in [-0.25, -0.2) is 4.79 Å². The van der Waals surface area contributed by atoms with Gasteiger partial charge in [0.2, 0.25) is 0 Å². The Labute approximate surface area is 190 Å². The number of amides is 2. The van der Waals surface area contributed by atoms with E-state index in [1.165, 1.54) is 44.1 Å². The van der Waals surface area contributed by atoms with E-state index in [-0.39, 0.29) is 37.9 Å². The van der Waals surface area contributed by atoms with Gasteiger partial charge in [-0.3, -0.25) is 0 Å². The Kier molecular flexibility index (Phi) is 11.0. The van der Waals surface area contributed by atoms with Crippen molar-refractivity contribution in [2.45, 2.75) is 88.4 Å². The number of nitrogens with zero attached hydrogens (tertiary/aromatic N) is 1. The van der Waals surface area contributed by atoms with Crippen LogP contribution in [0.3, 0.4) is 0 Å². The number of hydrogen-bond acceptors (Lipinski definition) is 4. The van der Waals surface area contributed by atoms with Crippen molar-refractivity contribution in [3.05, 3.63) is 0 Å². The van der Waals surface area contributed by atoms with Crippen molar-refractivity contribution >= 4 is 6.03 Å². The molecule has 0 radical (unpaired) electrons. The lowest BCUT2D eigenvalue weighted by atomic mass is 9.77. The van der Waals surface area contributed by atoms with Crippen LogP contribution >= 0.6 is 0 Å². The average molecular weight is 466 g/mol. The van der Waals surface area contributed by atoms with Gasteiger partial charge >= 0.3 is 12.2 Å². The van der Waals surface area contributed by atoms with Crippen LogP contribution in [0.5, 0.6) is 0 Å². The third kappa shape index (κ3) is 7.76. The van der Waals surface area contributed by atoms with Crippen molar-refractivity contribution < 1.29 is 27.8 Å². The van der Waals surface area contributed by atoms with E-state index >= 15 is 0 Å².